The van der Waals surface area contributed by atoms with Gasteiger partial charge in [0.25, 0.3) is 5.91 Å². The zero-order valence-electron chi connectivity index (χ0n) is 11.3. The van der Waals surface area contributed by atoms with Crippen LogP contribution in [0.1, 0.15) is 26.3 Å². The largest absolute Gasteiger partial charge is 0.507 e. The van der Waals surface area contributed by atoms with E-state index in [9.17, 15) is 9.59 Å². The van der Waals surface area contributed by atoms with Crippen LogP contribution in [-0.4, -0.2) is 17.3 Å². The second-order valence-corrected chi connectivity index (χ2v) is 4.71. The van der Waals surface area contributed by atoms with E-state index in [1.54, 1.807) is 30.3 Å². The second-order valence-electron chi connectivity index (χ2n) is 4.28. The molecule has 0 saturated carbocycles. The van der Waals surface area contributed by atoms with Crippen LogP contribution in [0.4, 0.5) is 5.69 Å². The van der Waals surface area contributed by atoms with Gasteiger partial charge in [0.1, 0.15) is 5.75 Å². The Morgan fingerprint density at radius 1 is 1.24 bits per heavy atom. The second kappa shape index (κ2) is 7.31. The first-order valence-corrected chi connectivity index (χ1v) is 6.32. The van der Waals surface area contributed by atoms with E-state index in [0.29, 0.717) is 22.6 Å². The number of aryl methyl sites for hydroxylation is 1. The molecule has 0 unspecified atom stereocenters. The average Bonchev–Trinajstić information content (AvgIpc) is 2.42. The predicted octanol–water partition coefficient (Wildman–Crippen LogP) is 2.53. The molecule has 2 aromatic carbocycles. The van der Waals surface area contributed by atoms with Crippen molar-refractivity contribution in [1.82, 2.24) is 0 Å². The van der Waals surface area contributed by atoms with Gasteiger partial charge in [-0.1, -0.05) is 17.7 Å². The minimum atomic E-state index is -0.565. The molecule has 2 aromatic rings. The number of aldehydes is 1. The molecule has 0 fully saturated rings. The Kier molecular flexibility index (Phi) is 5.75. The van der Waals surface area contributed by atoms with Crippen molar-refractivity contribution in [3.63, 3.8) is 0 Å². The Morgan fingerprint density at radius 2 is 1.90 bits per heavy atom. The number of carbonyl (C=O) groups is 2. The van der Waals surface area contributed by atoms with Gasteiger partial charge < -0.3 is 16.6 Å². The van der Waals surface area contributed by atoms with Crippen molar-refractivity contribution in [2.24, 2.45) is 5.73 Å². The van der Waals surface area contributed by atoms with Crippen LogP contribution in [0.15, 0.2) is 36.4 Å². The Hall–Kier alpha value is -2.53. The van der Waals surface area contributed by atoms with Gasteiger partial charge in [-0.2, -0.15) is 0 Å². The molecule has 0 bridgehead atoms. The maximum atomic E-state index is 10.7. The summed E-state index contributed by atoms with van der Waals surface area (Å²) in [6, 6.07) is 9.52. The molecule has 0 atom stereocenters. The molecule has 0 saturated heterocycles. The zero-order chi connectivity index (χ0) is 16.0. The summed E-state index contributed by atoms with van der Waals surface area (Å²) in [7, 11) is 0. The zero-order valence-corrected chi connectivity index (χ0v) is 12.1. The fourth-order valence-corrected chi connectivity index (χ4v) is 1.67. The van der Waals surface area contributed by atoms with E-state index in [2.05, 4.69) is 0 Å². The van der Waals surface area contributed by atoms with Crippen molar-refractivity contribution in [3.8, 4) is 5.75 Å². The summed E-state index contributed by atoms with van der Waals surface area (Å²) >= 11 is 5.60. The molecule has 1 amide bonds. The fourth-order valence-electron chi connectivity index (χ4n) is 1.50. The van der Waals surface area contributed by atoms with E-state index < -0.39 is 5.91 Å². The Balaban J connectivity index is 0.000000211. The van der Waals surface area contributed by atoms with Gasteiger partial charge in [-0.25, -0.2) is 0 Å². The maximum absolute atomic E-state index is 10.7. The molecule has 6 heteroatoms. The molecule has 0 heterocycles. The van der Waals surface area contributed by atoms with Crippen LogP contribution >= 0.6 is 11.6 Å². The number of benzene rings is 2. The number of rotatable bonds is 2. The van der Waals surface area contributed by atoms with E-state index in [-0.39, 0.29) is 11.3 Å². The lowest BCUT2D eigenvalue weighted by Crippen LogP contribution is -2.13. The topological polar surface area (TPSA) is 106 Å². The smallest absolute Gasteiger partial charge is 0.250 e. The first kappa shape index (κ1) is 16.5. The third-order valence-corrected chi connectivity index (χ3v) is 2.83. The molecule has 21 heavy (non-hydrogen) atoms. The number of nitrogen functional groups attached to an aromatic ring is 1. The molecule has 0 aromatic heterocycles. The quantitative estimate of drug-likeness (QED) is 0.585. The molecule has 110 valence electrons. The standard InChI is InChI=1S/C8H8O2.C7H7ClN2O/c1-6-2-3-7(5-9)8(10)4-6;8-4-1-2-6(9)5(3-4)7(10)11/h2-5,10H,1H3;1-3H,9H2,(H2,10,11). The Morgan fingerprint density at radius 3 is 2.38 bits per heavy atom. The van der Waals surface area contributed by atoms with E-state index in [1.807, 2.05) is 6.92 Å². The number of amides is 1. The van der Waals surface area contributed by atoms with Gasteiger partial charge >= 0.3 is 0 Å². The summed E-state index contributed by atoms with van der Waals surface area (Å²) < 4.78 is 0. The van der Waals surface area contributed by atoms with Crippen molar-refractivity contribution >= 4 is 29.5 Å². The molecular weight excluding hydrogens is 292 g/mol. The highest BCUT2D eigenvalue weighted by molar-refractivity contribution is 6.31. The monoisotopic (exact) mass is 306 g/mol. The molecule has 0 aliphatic rings. The van der Waals surface area contributed by atoms with E-state index >= 15 is 0 Å². The van der Waals surface area contributed by atoms with Crippen LogP contribution in [0, 0.1) is 6.92 Å². The van der Waals surface area contributed by atoms with Crippen LogP contribution in [0.3, 0.4) is 0 Å². The lowest BCUT2D eigenvalue weighted by molar-refractivity contribution is 0.100. The lowest BCUT2D eigenvalue weighted by Gasteiger charge is -2.00. The number of halogens is 1. The van der Waals surface area contributed by atoms with Crippen molar-refractivity contribution in [3.05, 3.63) is 58.1 Å². The highest BCUT2D eigenvalue weighted by atomic mass is 35.5. The van der Waals surface area contributed by atoms with Gasteiger partial charge in [-0.05, 0) is 42.8 Å². The van der Waals surface area contributed by atoms with Crippen molar-refractivity contribution in [2.75, 3.05) is 5.73 Å². The van der Waals surface area contributed by atoms with Crippen LogP contribution in [0.25, 0.3) is 0 Å². The molecule has 0 radical (unpaired) electrons. The van der Waals surface area contributed by atoms with E-state index in [1.165, 1.54) is 6.07 Å². The van der Waals surface area contributed by atoms with Gasteiger partial charge in [0, 0.05) is 10.7 Å². The molecule has 0 aliphatic heterocycles. The fraction of sp³-hybridized carbons (Fsp3) is 0.0667. The van der Waals surface area contributed by atoms with Crippen LogP contribution in [0.2, 0.25) is 5.02 Å². The number of hydrogen-bond acceptors (Lipinski definition) is 4. The molecule has 2 rings (SSSR count). The van der Waals surface area contributed by atoms with Crippen molar-refractivity contribution in [1.29, 1.82) is 0 Å². The first-order valence-electron chi connectivity index (χ1n) is 5.94. The van der Waals surface area contributed by atoms with Gasteiger partial charge in [0.15, 0.2) is 6.29 Å². The lowest BCUT2D eigenvalue weighted by atomic mass is 10.1. The van der Waals surface area contributed by atoms with Crippen LogP contribution < -0.4 is 11.5 Å². The van der Waals surface area contributed by atoms with Crippen molar-refractivity contribution < 1.29 is 14.7 Å². The van der Waals surface area contributed by atoms with E-state index in [0.717, 1.165) is 5.56 Å². The number of phenols is 1. The summed E-state index contributed by atoms with van der Waals surface area (Å²) in [6.45, 7) is 1.86. The SMILES string of the molecule is Cc1ccc(C=O)c(O)c1.NC(=O)c1cc(Cl)ccc1N. The number of primary amides is 1. The first-order chi connectivity index (χ1) is 9.85. The minimum Gasteiger partial charge on any atom is -0.507 e. The number of phenolic OH excluding ortho intramolecular Hbond substituents is 1. The van der Waals surface area contributed by atoms with E-state index in [4.69, 9.17) is 28.2 Å². The average molecular weight is 307 g/mol. The third-order valence-electron chi connectivity index (χ3n) is 2.59. The number of aromatic hydroxyl groups is 1. The third kappa shape index (κ3) is 4.81. The summed E-state index contributed by atoms with van der Waals surface area (Å²) in [6.07, 6.45) is 0.634. The van der Waals surface area contributed by atoms with Gasteiger partial charge in [-0.3, -0.25) is 9.59 Å². The number of nitrogens with two attached hydrogens (primary N) is 2. The number of carbonyl (C=O) groups excluding carboxylic acids is 2. The summed E-state index contributed by atoms with van der Waals surface area (Å²) in [5, 5.41) is 9.51. The summed E-state index contributed by atoms with van der Waals surface area (Å²) in [5.74, 6) is -0.514. The number of anilines is 1. The number of hydrogen-bond donors (Lipinski definition) is 3. The van der Waals surface area contributed by atoms with Gasteiger partial charge in [0.05, 0.1) is 11.1 Å². The van der Waals surface area contributed by atoms with Crippen LogP contribution in [0.5, 0.6) is 5.75 Å². The molecule has 5 nitrogen and oxygen atoms in total. The Bertz CT molecular complexity index is 672. The minimum absolute atomic E-state index is 0.0509. The summed E-state index contributed by atoms with van der Waals surface area (Å²) in [5.41, 5.74) is 12.3. The Labute approximate surface area is 127 Å². The molecular formula is C15H15ClN2O3. The highest BCUT2D eigenvalue weighted by Gasteiger charge is 2.04. The molecule has 5 N–H and O–H groups in total. The maximum Gasteiger partial charge on any atom is 0.250 e. The van der Waals surface area contributed by atoms with Crippen molar-refractivity contribution in [2.45, 2.75) is 6.92 Å². The molecule has 0 aliphatic carbocycles. The van der Waals surface area contributed by atoms with Gasteiger partial charge in [-0.15, -0.1) is 0 Å². The molecule has 0 spiro atoms. The predicted molar refractivity (Wildman–Crippen MR) is 82.6 cm³/mol. The summed E-state index contributed by atoms with van der Waals surface area (Å²) in [4.78, 5) is 20.8. The van der Waals surface area contributed by atoms with Gasteiger partial charge in [0.2, 0.25) is 0 Å². The van der Waals surface area contributed by atoms with Crippen LogP contribution in [-0.2, 0) is 0 Å². The highest BCUT2D eigenvalue weighted by Crippen LogP contribution is 2.17. The normalized spacial score (nSPS) is 9.43.